The van der Waals surface area contributed by atoms with Crippen LogP contribution in [0.5, 0.6) is 5.75 Å². The van der Waals surface area contributed by atoms with Crippen LogP contribution in [0.2, 0.25) is 0 Å². The van der Waals surface area contributed by atoms with Crippen LogP contribution in [0, 0.1) is 5.41 Å². The first-order valence-electron chi connectivity index (χ1n) is 9.39. The number of ether oxygens (including phenoxy) is 2. The van der Waals surface area contributed by atoms with E-state index in [1.807, 2.05) is 37.4 Å². The van der Waals surface area contributed by atoms with Gasteiger partial charge in [0.2, 0.25) is 0 Å². The number of guanidine groups is 1. The van der Waals surface area contributed by atoms with Gasteiger partial charge in [-0.15, -0.1) is 0 Å². The maximum Gasteiger partial charge on any atom is 0.190 e. The van der Waals surface area contributed by atoms with Crippen LogP contribution in [0.25, 0.3) is 0 Å². The fourth-order valence-electron chi connectivity index (χ4n) is 3.14. The molecule has 1 saturated carbocycles. The molecule has 0 aliphatic heterocycles. The van der Waals surface area contributed by atoms with Gasteiger partial charge in [0.15, 0.2) is 5.96 Å². The predicted molar refractivity (Wildman–Crippen MR) is 103 cm³/mol. The molecule has 1 aliphatic carbocycles. The van der Waals surface area contributed by atoms with Crippen LogP contribution in [0.3, 0.4) is 0 Å². The maximum atomic E-state index is 5.71. The van der Waals surface area contributed by atoms with Crippen LogP contribution in [-0.4, -0.2) is 46.4 Å². The number of aliphatic imine (C=N–C) groups is 1. The van der Waals surface area contributed by atoms with Crippen molar-refractivity contribution in [1.82, 2.24) is 10.6 Å². The molecule has 5 heteroatoms. The van der Waals surface area contributed by atoms with Gasteiger partial charge in [0.1, 0.15) is 5.75 Å². The van der Waals surface area contributed by atoms with E-state index < -0.39 is 0 Å². The lowest BCUT2D eigenvalue weighted by atomic mass is 9.67. The number of methoxy groups -OCH3 is 1. The topological polar surface area (TPSA) is 54.9 Å². The fourth-order valence-corrected chi connectivity index (χ4v) is 3.14. The zero-order valence-corrected chi connectivity index (χ0v) is 15.7. The summed E-state index contributed by atoms with van der Waals surface area (Å²) in [5.74, 6) is 1.84. The second-order valence-corrected chi connectivity index (χ2v) is 6.82. The Kier molecular flexibility index (Phi) is 8.60. The summed E-state index contributed by atoms with van der Waals surface area (Å²) in [4.78, 5) is 4.33. The number of nitrogens with one attached hydrogen (secondary N) is 2. The second kappa shape index (κ2) is 11.0. The first-order valence-corrected chi connectivity index (χ1v) is 9.39. The molecule has 0 saturated heterocycles. The average Bonchev–Trinajstić information content (AvgIpc) is 2.62. The molecule has 0 spiro atoms. The van der Waals surface area contributed by atoms with Crippen LogP contribution >= 0.6 is 0 Å². The normalized spacial score (nSPS) is 16.2. The van der Waals surface area contributed by atoms with Crippen molar-refractivity contribution in [3.63, 3.8) is 0 Å². The van der Waals surface area contributed by atoms with E-state index in [0.717, 1.165) is 57.3 Å². The molecule has 1 aromatic rings. The molecule has 0 radical (unpaired) electrons. The van der Waals surface area contributed by atoms with Crippen molar-refractivity contribution in [3.05, 3.63) is 30.3 Å². The van der Waals surface area contributed by atoms with Crippen molar-refractivity contribution in [2.24, 2.45) is 10.4 Å². The fraction of sp³-hybridized carbons (Fsp3) is 0.650. The second-order valence-electron chi connectivity index (χ2n) is 6.82. The van der Waals surface area contributed by atoms with E-state index in [0.29, 0.717) is 5.41 Å². The smallest absolute Gasteiger partial charge is 0.190 e. The predicted octanol–water partition coefficient (Wildman–Crippen LogP) is 3.22. The van der Waals surface area contributed by atoms with E-state index in [1.165, 1.54) is 19.3 Å². The third kappa shape index (κ3) is 6.94. The molecule has 0 amide bonds. The molecule has 1 aromatic carbocycles. The monoisotopic (exact) mass is 347 g/mol. The Labute approximate surface area is 152 Å². The number of para-hydroxylation sites is 1. The number of rotatable bonds is 11. The van der Waals surface area contributed by atoms with Gasteiger partial charge in [-0.25, -0.2) is 0 Å². The zero-order chi connectivity index (χ0) is 17.8. The minimum atomic E-state index is 0.400. The largest absolute Gasteiger partial charge is 0.494 e. The molecule has 1 aliphatic rings. The number of nitrogens with zero attached hydrogens (tertiary/aromatic N) is 1. The molecule has 0 unspecified atom stereocenters. The Morgan fingerprint density at radius 1 is 1.12 bits per heavy atom. The van der Waals surface area contributed by atoms with Crippen molar-refractivity contribution < 1.29 is 9.47 Å². The number of hydrogen-bond acceptors (Lipinski definition) is 3. The van der Waals surface area contributed by atoms with Gasteiger partial charge in [0, 0.05) is 33.9 Å². The van der Waals surface area contributed by atoms with E-state index in [-0.39, 0.29) is 0 Å². The molecular weight excluding hydrogens is 314 g/mol. The lowest BCUT2D eigenvalue weighted by molar-refractivity contribution is 0.0732. The van der Waals surface area contributed by atoms with Crippen LogP contribution in [-0.2, 0) is 4.74 Å². The molecule has 2 N–H and O–H groups in total. The maximum absolute atomic E-state index is 5.71. The Morgan fingerprint density at radius 2 is 1.92 bits per heavy atom. The van der Waals surface area contributed by atoms with E-state index in [4.69, 9.17) is 9.47 Å². The summed E-state index contributed by atoms with van der Waals surface area (Å²) in [6.45, 7) is 3.48. The Hall–Kier alpha value is -1.75. The van der Waals surface area contributed by atoms with Crippen LogP contribution < -0.4 is 15.4 Å². The molecule has 0 heterocycles. The van der Waals surface area contributed by atoms with Gasteiger partial charge >= 0.3 is 0 Å². The summed E-state index contributed by atoms with van der Waals surface area (Å²) >= 11 is 0. The quantitative estimate of drug-likeness (QED) is 0.367. The van der Waals surface area contributed by atoms with Crippen molar-refractivity contribution in [3.8, 4) is 5.75 Å². The first kappa shape index (κ1) is 19.6. The highest BCUT2D eigenvalue weighted by Gasteiger charge is 2.36. The molecule has 0 bridgehead atoms. The van der Waals surface area contributed by atoms with E-state index in [1.54, 1.807) is 7.11 Å². The highest BCUT2D eigenvalue weighted by atomic mass is 16.5. The summed E-state index contributed by atoms with van der Waals surface area (Å²) < 4.78 is 11.0. The van der Waals surface area contributed by atoms with E-state index in [2.05, 4.69) is 15.6 Å². The highest BCUT2D eigenvalue weighted by molar-refractivity contribution is 5.79. The molecule has 140 valence electrons. The molecule has 25 heavy (non-hydrogen) atoms. The van der Waals surface area contributed by atoms with Gasteiger partial charge in [-0.05, 0) is 49.7 Å². The number of benzene rings is 1. The number of hydrogen-bond donors (Lipinski definition) is 2. The summed E-state index contributed by atoms with van der Waals surface area (Å²) in [7, 11) is 3.61. The minimum Gasteiger partial charge on any atom is -0.494 e. The highest BCUT2D eigenvalue weighted by Crippen LogP contribution is 2.43. The van der Waals surface area contributed by atoms with Gasteiger partial charge in [0.05, 0.1) is 6.61 Å². The van der Waals surface area contributed by atoms with Gasteiger partial charge in [0.25, 0.3) is 0 Å². The third-order valence-corrected chi connectivity index (χ3v) is 4.98. The SMILES string of the molecule is CN=C(NCCCCOc1ccccc1)NCC1(CCOC)CCC1. The molecular formula is C20H33N3O2. The van der Waals surface area contributed by atoms with Crippen LogP contribution in [0.4, 0.5) is 0 Å². The molecule has 1 fully saturated rings. The molecule has 5 nitrogen and oxygen atoms in total. The zero-order valence-electron chi connectivity index (χ0n) is 15.7. The summed E-state index contributed by atoms with van der Waals surface area (Å²) in [5.41, 5.74) is 0.400. The third-order valence-electron chi connectivity index (χ3n) is 4.98. The van der Waals surface area contributed by atoms with Gasteiger partial charge in [-0.1, -0.05) is 24.6 Å². The van der Waals surface area contributed by atoms with Crippen LogP contribution in [0.15, 0.2) is 35.3 Å². The average molecular weight is 348 g/mol. The Bertz CT molecular complexity index is 501. The van der Waals surface area contributed by atoms with Crippen molar-refractivity contribution in [2.45, 2.75) is 38.5 Å². The first-order chi connectivity index (χ1) is 12.3. The molecule has 2 rings (SSSR count). The van der Waals surface area contributed by atoms with Crippen LogP contribution in [0.1, 0.15) is 38.5 Å². The Balaban J connectivity index is 1.56. The molecule has 0 atom stereocenters. The molecule has 0 aromatic heterocycles. The van der Waals surface area contributed by atoms with Gasteiger partial charge in [-0.3, -0.25) is 4.99 Å². The summed E-state index contributed by atoms with van der Waals surface area (Å²) in [5, 5.41) is 6.89. The van der Waals surface area contributed by atoms with Gasteiger partial charge < -0.3 is 20.1 Å². The van der Waals surface area contributed by atoms with E-state index >= 15 is 0 Å². The Morgan fingerprint density at radius 3 is 2.56 bits per heavy atom. The lowest BCUT2D eigenvalue weighted by Gasteiger charge is -2.42. The standard InChI is InChI=1S/C20H33N3O2/c1-21-19(23-17-20(11-8-12-20)13-16-24-2)22-14-6-7-15-25-18-9-4-3-5-10-18/h3-5,9-10H,6-8,11-17H2,1-2H3,(H2,21,22,23). The van der Waals surface area contributed by atoms with Crippen molar-refractivity contribution in [1.29, 1.82) is 0 Å². The summed E-state index contributed by atoms with van der Waals surface area (Å²) in [6, 6.07) is 9.97. The minimum absolute atomic E-state index is 0.400. The number of unbranched alkanes of at least 4 members (excludes halogenated alkanes) is 1. The van der Waals surface area contributed by atoms with Gasteiger partial charge in [-0.2, -0.15) is 0 Å². The lowest BCUT2D eigenvalue weighted by Crippen LogP contribution is -2.47. The summed E-state index contributed by atoms with van der Waals surface area (Å²) in [6.07, 6.45) is 7.12. The van der Waals surface area contributed by atoms with E-state index in [9.17, 15) is 0 Å². The van der Waals surface area contributed by atoms with Crippen molar-refractivity contribution >= 4 is 5.96 Å². The van der Waals surface area contributed by atoms with Crippen molar-refractivity contribution in [2.75, 3.05) is 40.5 Å².